The molecule has 0 bridgehead atoms. The number of carbonyl (C=O) groups excluding carboxylic acids is 2. The fourth-order valence-corrected chi connectivity index (χ4v) is 2.04. The lowest BCUT2D eigenvalue weighted by molar-refractivity contribution is -0.130. The van der Waals surface area contributed by atoms with Crippen LogP contribution >= 0.6 is 0 Å². The minimum atomic E-state index is 0.0214. The van der Waals surface area contributed by atoms with Crippen molar-refractivity contribution in [2.45, 2.75) is 46.1 Å². The van der Waals surface area contributed by atoms with Gasteiger partial charge in [-0.3, -0.25) is 9.59 Å². The van der Waals surface area contributed by atoms with Crippen LogP contribution in [0.1, 0.15) is 40.0 Å². The number of hydrogen-bond acceptors (Lipinski definition) is 2. The molecule has 0 aromatic rings. The van der Waals surface area contributed by atoms with Gasteiger partial charge in [-0.25, -0.2) is 0 Å². The zero-order valence-corrected chi connectivity index (χ0v) is 11.0. The van der Waals surface area contributed by atoms with Gasteiger partial charge < -0.3 is 10.2 Å². The minimum Gasteiger partial charge on any atom is -0.349 e. The van der Waals surface area contributed by atoms with E-state index in [1.807, 2.05) is 24.8 Å². The van der Waals surface area contributed by atoms with E-state index >= 15 is 0 Å². The number of likely N-dealkylation sites (tertiary alicyclic amines) is 1. The number of piperidine rings is 1. The van der Waals surface area contributed by atoms with Crippen molar-refractivity contribution in [1.82, 2.24) is 10.2 Å². The zero-order valence-electron chi connectivity index (χ0n) is 11.0. The number of amides is 2. The average Bonchev–Trinajstić information content (AvgIpc) is 2.30. The largest absolute Gasteiger partial charge is 0.349 e. The molecule has 96 valence electrons. The van der Waals surface area contributed by atoms with E-state index in [9.17, 15) is 9.59 Å². The van der Waals surface area contributed by atoms with Crippen LogP contribution in [0.5, 0.6) is 0 Å². The van der Waals surface area contributed by atoms with Crippen molar-refractivity contribution in [1.29, 1.82) is 0 Å². The van der Waals surface area contributed by atoms with Crippen molar-refractivity contribution < 1.29 is 9.59 Å². The van der Waals surface area contributed by atoms with E-state index in [0.717, 1.165) is 37.9 Å². The van der Waals surface area contributed by atoms with Crippen LogP contribution in [0.25, 0.3) is 0 Å². The van der Waals surface area contributed by atoms with Gasteiger partial charge in [-0.2, -0.15) is 0 Å². The van der Waals surface area contributed by atoms with E-state index < -0.39 is 0 Å². The van der Waals surface area contributed by atoms with Crippen molar-refractivity contribution in [3.05, 3.63) is 11.6 Å². The lowest BCUT2D eigenvalue weighted by Crippen LogP contribution is -2.46. The molecule has 4 heteroatoms. The Morgan fingerprint density at radius 1 is 1.29 bits per heavy atom. The molecule has 0 atom stereocenters. The SMILES string of the molecule is CCC=C(C)C(=O)NC1CCN(C(C)=O)CC1. The van der Waals surface area contributed by atoms with Gasteiger partial charge in [0, 0.05) is 31.6 Å². The Kier molecular flexibility index (Phi) is 5.19. The number of rotatable bonds is 3. The second kappa shape index (κ2) is 6.42. The average molecular weight is 238 g/mol. The van der Waals surface area contributed by atoms with E-state index in [-0.39, 0.29) is 17.9 Å². The summed E-state index contributed by atoms with van der Waals surface area (Å²) in [4.78, 5) is 24.7. The van der Waals surface area contributed by atoms with E-state index in [0.29, 0.717) is 0 Å². The molecule has 1 fully saturated rings. The van der Waals surface area contributed by atoms with E-state index in [1.165, 1.54) is 0 Å². The van der Waals surface area contributed by atoms with Crippen molar-refractivity contribution in [2.75, 3.05) is 13.1 Å². The predicted molar refractivity (Wildman–Crippen MR) is 67.5 cm³/mol. The molecule has 0 spiro atoms. The highest BCUT2D eigenvalue weighted by molar-refractivity contribution is 5.92. The van der Waals surface area contributed by atoms with Gasteiger partial charge in [-0.15, -0.1) is 0 Å². The van der Waals surface area contributed by atoms with Crippen LogP contribution in [0.15, 0.2) is 11.6 Å². The summed E-state index contributed by atoms with van der Waals surface area (Å²) in [5.74, 6) is 0.143. The summed E-state index contributed by atoms with van der Waals surface area (Å²) >= 11 is 0. The first-order valence-corrected chi connectivity index (χ1v) is 6.27. The smallest absolute Gasteiger partial charge is 0.246 e. The molecule has 1 aliphatic rings. The van der Waals surface area contributed by atoms with Gasteiger partial charge in [0.05, 0.1) is 0 Å². The standard InChI is InChI=1S/C13H22N2O2/c1-4-5-10(2)13(17)14-12-6-8-15(9-7-12)11(3)16/h5,12H,4,6-9H2,1-3H3,(H,14,17). The summed E-state index contributed by atoms with van der Waals surface area (Å²) in [5, 5.41) is 3.02. The molecule has 17 heavy (non-hydrogen) atoms. The van der Waals surface area contributed by atoms with Crippen molar-refractivity contribution in [2.24, 2.45) is 0 Å². The van der Waals surface area contributed by atoms with Crippen LogP contribution in [0, 0.1) is 0 Å². The number of hydrogen-bond donors (Lipinski definition) is 1. The first kappa shape index (κ1) is 13.7. The Labute approximate surface area is 103 Å². The lowest BCUT2D eigenvalue weighted by atomic mass is 10.0. The van der Waals surface area contributed by atoms with Gasteiger partial charge >= 0.3 is 0 Å². The van der Waals surface area contributed by atoms with Crippen molar-refractivity contribution in [3.8, 4) is 0 Å². The molecule has 0 saturated carbocycles. The Hall–Kier alpha value is -1.32. The normalized spacial score (nSPS) is 18.1. The Bertz CT molecular complexity index is 315. The third kappa shape index (κ3) is 4.21. The monoisotopic (exact) mass is 238 g/mol. The second-order valence-electron chi connectivity index (χ2n) is 4.55. The van der Waals surface area contributed by atoms with Crippen LogP contribution in [0.2, 0.25) is 0 Å². The number of allylic oxidation sites excluding steroid dienone is 1. The molecule has 4 nitrogen and oxygen atoms in total. The van der Waals surface area contributed by atoms with Gasteiger partial charge in [0.25, 0.3) is 0 Å². The number of nitrogens with zero attached hydrogens (tertiary/aromatic N) is 1. The first-order chi connectivity index (χ1) is 8.04. The van der Waals surface area contributed by atoms with Crippen LogP contribution < -0.4 is 5.32 Å². The van der Waals surface area contributed by atoms with Crippen LogP contribution in [-0.2, 0) is 9.59 Å². The lowest BCUT2D eigenvalue weighted by Gasteiger charge is -2.31. The highest BCUT2D eigenvalue weighted by atomic mass is 16.2. The summed E-state index contributed by atoms with van der Waals surface area (Å²) in [6.45, 7) is 6.94. The highest BCUT2D eigenvalue weighted by Crippen LogP contribution is 2.11. The Morgan fingerprint density at radius 3 is 2.35 bits per heavy atom. The second-order valence-corrected chi connectivity index (χ2v) is 4.55. The summed E-state index contributed by atoms with van der Waals surface area (Å²) in [6.07, 6.45) is 4.51. The van der Waals surface area contributed by atoms with E-state index in [1.54, 1.807) is 6.92 Å². The fraction of sp³-hybridized carbons (Fsp3) is 0.692. The maximum atomic E-state index is 11.8. The van der Waals surface area contributed by atoms with Crippen LogP contribution in [-0.4, -0.2) is 35.8 Å². The molecule has 1 rings (SSSR count). The molecule has 2 amide bonds. The van der Waals surface area contributed by atoms with E-state index in [4.69, 9.17) is 0 Å². The van der Waals surface area contributed by atoms with Gasteiger partial charge in [-0.1, -0.05) is 13.0 Å². The predicted octanol–water partition coefficient (Wildman–Crippen LogP) is 1.47. The molecule has 0 aliphatic carbocycles. The topological polar surface area (TPSA) is 49.4 Å². The van der Waals surface area contributed by atoms with Gasteiger partial charge in [0.15, 0.2) is 0 Å². The molecular weight excluding hydrogens is 216 g/mol. The summed E-state index contributed by atoms with van der Waals surface area (Å²) < 4.78 is 0. The first-order valence-electron chi connectivity index (χ1n) is 6.27. The van der Waals surface area contributed by atoms with Crippen molar-refractivity contribution >= 4 is 11.8 Å². The van der Waals surface area contributed by atoms with E-state index in [2.05, 4.69) is 5.32 Å². The van der Waals surface area contributed by atoms with Crippen LogP contribution in [0.3, 0.4) is 0 Å². The number of carbonyl (C=O) groups is 2. The number of nitrogens with one attached hydrogen (secondary N) is 1. The summed E-state index contributed by atoms with van der Waals surface area (Å²) in [6, 6.07) is 0.207. The quantitative estimate of drug-likeness (QED) is 0.757. The molecular formula is C13H22N2O2. The molecule has 0 aromatic carbocycles. The summed E-state index contributed by atoms with van der Waals surface area (Å²) in [7, 11) is 0. The molecule has 0 radical (unpaired) electrons. The maximum Gasteiger partial charge on any atom is 0.246 e. The highest BCUT2D eigenvalue weighted by Gasteiger charge is 2.21. The Morgan fingerprint density at radius 2 is 1.88 bits per heavy atom. The van der Waals surface area contributed by atoms with Gasteiger partial charge in [0.2, 0.25) is 11.8 Å². The van der Waals surface area contributed by atoms with Crippen molar-refractivity contribution in [3.63, 3.8) is 0 Å². The Balaban J connectivity index is 2.38. The van der Waals surface area contributed by atoms with Gasteiger partial charge in [0.1, 0.15) is 0 Å². The maximum absolute atomic E-state index is 11.8. The molecule has 0 unspecified atom stereocenters. The van der Waals surface area contributed by atoms with Gasteiger partial charge in [-0.05, 0) is 26.2 Å². The zero-order chi connectivity index (χ0) is 12.8. The molecule has 1 heterocycles. The molecule has 0 aromatic heterocycles. The molecule has 1 N–H and O–H groups in total. The molecule has 1 saturated heterocycles. The third-order valence-corrected chi connectivity index (χ3v) is 3.14. The molecule has 1 aliphatic heterocycles. The van der Waals surface area contributed by atoms with Crippen LogP contribution in [0.4, 0.5) is 0 Å². The summed E-state index contributed by atoms with van der Waals surface area (Å²) in [5.41, 5.74) is 0.779. The fourth-order valence-electron chi connectivity index (χ4n) is 2.04. The minimum absolute atomic E-state index is 0.0214. The third-order valence-electron chi connectivity index (χ3n) is 3.14.